The number of nitrogens with zero attached hydrogens (tertiary/aromatic N) is 1. The Morgan fingerprint density at radius 1 is 1.42 bits per heavy atom. The summed E-state index contributed by atoms with van der Waals surface area (Å²) in [5.41, 5.74) is -0.843. The van der Waals surface area contributed by atoms with Crippen LogP contribution in [-0.2, 0) is 11.2 Å². The SMILES string of the molecule is O=C(Cc1ccc(O)c([N+](=O)[O-])c1)C(O)C(F)(F)F. The molecule has 0 aliphatic heterocycles. The zero-order valence-electron chi connectivity index (χ0n) is 9.22. The molecular weight excluding hydrogens is 271 g/mol. The number of aliphatic hydroxyl groups excluding tert-OH is 1. The van der Waals surface area contributed by atoms with Crippen molar-refractivity contribution in [3.05, 3.63) is 33.9 Å². The van der Waals surface area contributed by atoms with Gasteiger partial charge in [-0.25, -0.2) is 0 Å². The van der Waals surface area contributed by atoms with Gasteiger partial charge in [0.05, 0.1) is 4.92 Å². The second-order valence-electron chi connectivity index (χ2n) is 3.67. The molecule has 19 heavy (non-hydrogen) atoms. The Morgan fingerprint density at radius 3 is 2.47 bits per heavy atom. The minimum absolute atomic E-state index is 0.113. The number of aromatic hydroxyl groups is 1. The minimum atomic E-state index is -5.08. The van der Waals surface area contributed by atoms with Crippen LogP contribution >= 0.6 is 0 Å². The summed E-state index contributed by atoms with van der Waals surface area (Å²) in [5, 5.41) is 28.3. The van der Waals surface area contributed by atoms with E-state index in [1.165, 1.54) is 0 Å². The number of carbonyl (C=O) groups is 1. The van der Waals surface area contributed by atoms with Crippen LogP contribution in [0.25, 0.3) is 0 Å². The Kier molecular flexibility index (Phi) is 4.10. The van der Waals surface area contributed by atoms with E-state index in [1.807, 2.05) is 0 Å². The van der Waals surface area contributed by atoms with E-state index in [0.29, 0.717) is 0 Å². The summed E-state index contributed by atoms with van der Waals surface area (Å²) in [6, 6.07) is 2.72. The molecule has 0 aromatic heterocycles. The molecule has 1 atom stereocenters. The van der Waals surface area contributed by atoms with Gasteiger partial charge in [-0.3, -0.25) is 14.9 Å². The van der Waals surface area contributed by atoms with Crippen LogP contribution in [0.5, 0.6) is 5.75 Å². The van der Waals surface area contributed by atoms with Gasteiger partial charge in [-0.1, -0.05) is 6.07 Å². The van der Waals surface area contributed by atoms with E-state index >= 15 is 0 Å². The second-order valence-corrected chi connectivity index (χ2v) is 3.67. The number of phenolic OH excluding ortho intramolecular Hbond substituents is 1. The van der Waals surface area contributed by atoms with E-state index in [2.05, 4.69) is 0 Å². The van der Waals surface area contributed by atoms with E-state index in [1.54, 1.807) is 0 Å². The van der Waals surface area contributed by atoms with Gasteiger partial charge in [0.25, 0.3) is 0 Å². The van der Waals surface area contributed by atoms with Gasteiger partial charge in [0.2, 0.25) is 6.10 Å². The Balaban J connectivity index is 2.92. The number of hydrogen-bond acceptors (Lipinski definition) is 5. The molecule has 1 aromatic rings. The van der Waals surface area contributed by atoms with Crippen molar-refractivity contribution >= 4 is 11.5 Å². The highest BCUT2D eigenvalue weighted by molar-refractivity contribution is 5.85. The van der Waals surface area contributed by atoms with Crippen molar-refractivity contribution in [2.24, 2.45) is 0 Å². The predicted molar refractivity (Wildman–Crippen MR) is 55.5 cm³/mol. The average molecular weight is 279 g/mol. The fraction of sp³-hybridized carbons (Fsp3) is 0.300. The molecule has 1 rings (SSSR count). The monoisotopic (exact) mass is 279 g/mol. The van der Waals surface area contributed by atoms with Gasteiger partial charge in [0.15, 0.2) is 11.5 Å². The number of benzene rings is 1. The minimum Gasteiger partial charge on any atom is -0.502 e. The third kappa shape index (κ3) is 3.65. The molecule has 0 saturated heterocycles. The second kappa shape index (κ2) is 5.22. The fourth-order valence-electron chi connectivity index (χ4n) is 1.31. The molecule has 0 heterocycles. The lowest BCUT2D eigenvalue weighted by Gasteiger charge is -2.13. The first-order valence-corrected chi connectivity index (χ1v) is 4.86. The Hall–Kier alpha value is -2.16. The number of hydrogen-bond donors (Lipinski definition) is 2. The summed E-state index contributed by atoms with van der Waals surface area (Å²) in [5.74, 6) is -2.20. The number of carbonyl (C=O) groups excluding carboxylic acids is 1. The largest absolute Gasteiger partial charge is 0.502 e. The van der Waals surface area contributed by atoms with Gasteiger partial charge in [-0.05, 0) is 11.6 Å². The maximum atomic E-state index is 12.1. The fourth-order valence-corrected chi connectivity index (χ4v) is 1.31. The van der Waals surface area contributed by atoms with Crippen molar-refractivity contribution < 1.29 is 33.1 Å². The summed E-state index contributed by atoms with van der Waals surface area (Å²) in [6.07, 6.45) is -9.05. The molecule has 104 valence electrons. The molecule has 1 aromatic carbocycles. The highest BCUT2D eigenvalue weighted by atomic mass is 19.4. The number of rotatable bonds is 4. The smallest absolute Gasteiger partial charge is 0.421 e. The maximum absolute atomic E-state index is 12.1. The van der Waals surface area contributed by atoms with E-state index in [9.17, 15) is 28.1 Å². The Labute approximate surface area is 104 Å². The number of nitro benzene ring substituents is 1. The molecule has 0 aliphatic carbocycles. The normalized spacial score (nSPS) is 13.1. The van der Waals surface area contributed by atoms with Crippen LogP contribution in [-0.4, -0.2) is 33.2 Å². The molecule has 0 aliphatic rings. The molecule has 2 N–H and O–H groups in total. The van der Waals surface area contributed by atoms with Crippen molar-refractivity contribution in [3.63, 3.8) is 0 Å². The first-order chi connectivity index (χ1) is 8.62. The van der Waals surface area contributed by atoms with Crippen molar-refractivity contribution in [2.75, 3.05) is 0 Å². The third-order valence-electron chi connectivity index (χ3n) is 2.23. The van der Waals surface area contributed by atoms with E-state index in [0.717, 1.165) is 18.2 Å². The van der Waals surface area contributed by atoms with Crippen LogP contribution in [0.2, 0.25) is 0 Å². The van der Waals surface area contributed by atoms with E-state index < -0.39 is 40.8 Å². The van der Waals surface area contributed by atoms with Crippen LogP contribution in [0.3, 0.4) is 0 Å². The van der Waals surface area contributed by atoms with Crippen molar-refractivity contribution in [1.82, 2.24) is 0 Å². The zero-order chi connectivity index (χ0) is 14.8. The number of aliphatic hydroxyl groups is 1. The maximum Gasteiger partial charge on any atom is 0.421 e. The number of ketones is 1. The lowest BCUT2D eigenvalue weighted by Crippen LogP contribution is -2.37. The van der Waals surface area contributed by atoms with Gasteiger partial charge >= 0.3 is 11.9 Å². The highest BCUT2D eigenvalue weighted by Gasteiger charge is 2.43. The average Bonchev–Trinajstić information content (AvgIpc) is 2.29. The molecule has 0 radical (unpaired) electrons. The first-order valence-electron chi connectivity index (χ1n) is 4.86. The molecular formula is C10H8F3NO5. The Bertz CT molecular complexity index is 514. The van der Waals surface area contributed by atoms with Gasteiger partial charge in [-0.15, -0.1) is 0 Å². The predicted octanol–water partition coefficient (Wildman–Crippen LogP) is 1.34. The molecule has 0 saturated carbocycles. The van der Waals surface area contributed by atoms with Crippen molar-refractivity contribution in [1.29, 1.82) is 0 Å². The summed E-state index contributed by atoms with van der Waals surface area (Å²) < 4.78 is 36.2. The number of nitro groups is 1. The van der Waals surface area contributed by atoms with Crippen molar-refractivity contribution in [2.45, 2.75) is 18.7 Å². The molecule has 0 bridgehead atoms. The molecule has 6 nitrogen and oxygen atoms in total. The molecule has 1 unspecified atom stereocenters. The molecule has 0 amide bonds. The van der Waals surface area contributed by atoms with Crippen LogP contribution in [0, 0.1) is 10.1 Å². The highest BCUT2D eigenvalue weighted by Crippen LogP contribution is 2.27. The van der Waals surface area contributed by atoms with Gasteiger partial charge < -0.3 is 10.2 Å². The summed E-state index contributed by atoms with van der Waals surface area (Å²) >= 11 is 0. The van der Waals surface area contributed by atoms with Crippen LogP contribution in [0.1, 0.15) is 5.56 Å². The molecule has 0 fully saturated rings. The molecule has 0 spiro atoms. The number of halogens is 3. The number of alkyl halides is 3. The van der Waals surface area contributed by atoms with E-state index in [4.69, 9.17) is 10.2 Å². The first kappa shape index (κ1) is 14.9. The number of Topliss-reactive ketones (excluding diaryl/α,β-unsaturated/α-hetero) is 1. The lowest BCUT2D eigenvalue weighted by atomic mass is 10.0. The van der Waals surface area contributed by atoms with Crippen LogP contribution in [0.15, 0.2) is 18.2 Å². The van der Waals surface area contributed by atoms with Crippen LogP contribution < -0.4 is 0 Å². The van der Waals surface area contributed by atoms with E-state index in [-0.39, 0.29) is 5.56 Å². The standard InChI is InChI=1S/C10H8F3NO5/c11-10(12,13)9(17)8(16)4-5-1-2-7(15)6(3-5)14(18)19/h1-3,9,15,17H,4H2. The Morgan fingerprint density at radius 2 is 2.00 bits per heavy atom. The number of phenols is 1. The third-order valence-corrected chi connectivity index (χ3v) is 2.23. The summed E-state index contributed by atoms with van der Waals surface area (Å²) in [7, 11) is 0. The van der Waals surface area contributed by atoms with Crippen molar-refractivity contribution in [3.8, 4) is 5.75 Å². The quantitative estimate of drug-likeness (QED) is 0.639. The zero-order valence-corrected chi connectivity index (χ0v) is 9.22. The summed E-state index contributed by atoms with van der Waals surface area (Å²) in [6.45, 7) is 0. The lowest BCUT2D eigenvalue weighted by molar-refractivity contribution is -0.385. The molecule has 9 heteroatoms. The summed E-state index contributed by atoms with van der Waals surface area (Å²) in [4.78, 5) is 20.7. The van der Waals surface area contributed by atoms with Gasteiger partial charge in [0, 0.05) is 12.5 Å². The van der Waals surface area contributed by atoms with Gasteiger partial charge in [0.1, 0.15) is 0 Å². The van der Waals surface area contributed by atoms with Gasteiger partial charge in [-0.2, -0.15) is 13.2 Å². The topological polar surface area (TPSA) is 101 Å². The van der Waals surface area contributed by atoms with Crippen LogP contribution in [0.4, 0.5) is 18.9 Å².